The lowest BCUT2D eigenvalue weighted by molar-refractivity contribution is 0.00803. The maximum Gasteiger partial charge on any atom is 0.319 e. The van der Waals surface area contributed by atoms with Gasteiger partial charge in [-0.2, -0.15) is 9.97 Å². The van der Waals surface area contributed by atoms with Gasteiger partial charge < -0.3 is 25.4 Å². The first kappa shape index (κ1) is 28.4. The van der Waals surface area contributed by atoms with Gasteiger partial charge in [0, 0.05) is 36.0 Å². The van der Waals surface area contributed by atoms with Gasteiger partial charge in [0.1, 0.15) is 23.8 Å². The van der Waals surface area contributed by atoms with Crippen molar-refractivity contribution in [3.05, 3.63) is 34.9 Å². The molecule has 3 N–H and O–H groups in total. The Kier molecular flexibility index (Phi) is 6.62. The molecule has 4 aliphatic heterocycles. The molecular formula is C29H28ClF4N7O2S. The minimum Gasteiger partial charge on any atom is -0.461 e. The van der Waals surface area contributed by atoms with E-state index < -0.39 is 23.1 Å². The Labute approximate surface area is 258 Å². The number of thiazole rings is 1. The Morgan fingerprint density at radius 2 is 1.93 bits per heavy atom. The minimum absolute atomic E-state index is 0.00935. The van der Waals surface area contributed by atoms with Crippen molar-refractivity contribution in [2.24, 2.45) is 0 Å². The Morgan fingerprint density at radius 3 is 2.73 bits per heavy atom. The molecule has 4 aliphatic rings. The van der Waals surface area contributed by atoms with Crippen molar-refractivity contribution in [2.75, 3.05) is 56.6 Å². The second kappa shape index (κ2) is 10.2. The van der Waals surface area contributed by atoms with Crippen LogP contribution in [-0.2, 0) is 4.74 Å². The molecular weight excluding hydrogens is 622 g/mol. The van der Waals surface area contributed by atoms with Crippen LogP contribution in [0.4, 0.5) is 28.5 Å². The van der Waals surface area contributed by atoms with Gasteiger partial charge in [0.25, 0.3) is 5.92 Å². The number of halogens is 5. The predicted octanol–water partition coefficient (Wildman–Crippen LogP) is 4.85. The third-order valence-corrected chi connectivity index (χ3v) is 10.4. The van der Waals surface area contributed by atoms with Crippen molar-refractivity contribution in [3.8, 4) is 17.1 Å². The Bertz CT molecular complexity index is 1790. The maximum atomic E-state index is 16.8. The summed E-state index contributed by atoms with van der Waals surface area (Å²) >= 11 is 7.75. The van der Waals surface area contributed by atoms with Crippen LogP contribution in [-0.4, -0.2) is 89.4 Å². The molecule has 44 heavy (non-hydrogen) atoms. The summed E-state index contributed by atoms with van der Waals surface area (Å²) in [4.78, 5) is 17.4. The van der Waals surface area contributed by atoms with E-state index in [-0.39, 0.29) is 74.7 Å². The monoisotopic (exact) mass is 649 g/mol. The number of fused-ring (bicyclic) bond motifs is 5. The van der Waals surface area contributed by atoms with Gasteiger partial charge in [0.2, 0.25) is 0 Å². The fourth-order valence-electron chi connectivity index (χ4n) is 7.41. The van der Waals surface area contributed by atoms with Gasteiger partial charge in [-0.3, -0.25) is 4.90 Å². The number of morpholine rings is 1. The molecule has 3 atom stereocenters. The summed E-state index contributed by atoms with van der Waals surface area (Å²) in [6.07, 6.45) is 1.04. The largest absolute Gasteiger partial charge is 0.461 e. The first-order valence-corrected chi connectivity index (χ1v) is 15.7. The third-order valence-electron chi connectivity index (χ3n) is 9.26. The Balaban J connectivity index is 1.28. The number of hydrogen-bond acceptors (Lipinski definition) is 10. The number of aromatic nitrogens is 3. The van der Waals surface area contributed by atoms with Crippen LogP contribution in [0, 0.1) is 11.6 Å². The number of hydrogen-bond donors (Lipinski definition) is 2. The average Bonchev–Trinajstić information content (AvgIpc) is 3.62. The molecule has 9 nitrogen and oxygen atoms in total. The molecule has 0 saturated carbocycles. The number of piperazine rings is 1. The highest BCUT2D eigenvalue weighted by atomic mass is 35.5. The Hall–Kier alpha value is -3.04. The number of ether oxygens (including phenoxy) is 2. The number of nitrogens with zero attached hydrogens (tertiary/aromatic N) is 5. The van der Waals surface area contributed by atoms with E-state index in [1.807, 2.05) is 0 Å². The van der Waals surface area contributed by atoms with Crippen LogP contribution in [0.1, 0.15) is 19.3 Å². The molecule has 2 aromatic heterocycles. The summed E-state index contributed by atoms with van der Waals surface area (Å²) in [5, 5.41) is 3.97. The highest BCUT2D eigenvalue weighted by Gasteiger charge is 2.57. The van der Waals surface area contributed by atoms with Crippen molar-refractivity contribution in [2.45, 2.75) is 42.8 Å². The SMILES string of the molecule is Nc1nc2c(-c3c(Cl)cc4c(N5[C@@H]6CNC[C@H]5COC6)nc(OCC56CCCN5CC(F)(F)C6)nc4c3F)ccc(F)c2s1. The van der Waals surface area contributed by atoms with E-state index in [4.69, 9.17) is 31.8 Å². The predicted molar refractivity (Wildman–Crippen MR) is 160 cm³/mol. The molecule has 0 amide bonds. The zero-order chi connectivity index (χ0) is 30.4. The van der Waals surface area contributed by atoms with Gasteiger partial charge in [0.05, 0.1) is 52.6 Å². The number of nitrogens with one attached hydrogen (secondary N) is 1. The lowest BCUT2D eigenvalue weighted by Crippen LogP contribution is -2.64. The summed E-state index contributed by atoms with van der Waals surface area (Å²) < 4.78 is 72.4. The number of benzene rings is 2. The number of anilines is 2. The summed E-state index contributed by atoms with van der Waals surface area (Å²) in [6.45, 7) is 2.32. The molecule has 2 bridgehead atoms. The van der Waals surface area contributed by atoms with Crippen molar-refractivity contribution < 1.29 is 27.0 Å². The smallest absolute Gasteiger partial charge is 0.319 e. The van der Waals surface area contributed by atoms with Crippen molar-refractivity contribution >= 4 is 55.0 Å². The molecule has 1 unspecified atom stereocenters. The van der Waals surface area contributed by atoms with E-state index in [1.54, 1.807) is 11.0 Å². The average molecular weight is 650 g/mol. The van der Waals surface area contributed by atoms with Gasteiger partial charge in [-0.1, -0.05) is 22.9 Å². The molecule has 4 saturated heterocycles. The van der Waals surface area contributed by atoms with Gasteiger partial charge >= 0.3 is 6.01 Å². The van der Waals surface area contributed by atoms with Crippen molar-refractivity contribution in [1.82, 2.24) is 25.2 Å². The summed E-state index contributed by atoms with van der Waals surface area (Å²) in [5.74, 6) is -3.67. The highest BCUT2D eigenvalue weighted by Crippen LogP contribution is 2.47. The van der Waals surface area contributed by atoms with E-state index in [0.29, 0.717) is 50.5 Å². The topological polar surface area (TPSA) is 102 Å². The van der Waals surface area contributed by atoms with Gasteiger partial charge in [-0.15, -0.1) is 0 Å². The summed E-state index contributed by atoms with van der Waals surface area (Å²) in [6, 6.07) is 3.94. The normalized spacial score (nSPS) is 26.5. The van der Waals surface area contributed by atoms with Crippen LogP contribution in [0.5, 0.6) is 6.01 Å². The van der Waals surface area contributed by atoms with Gasteiger partial charge in [-0.25, -0.2) is 22.5 Å². The van der Waals surface area contributed by atoms with E-state index in [1.165, 1.54) is 12.1 Å². The zero-order valence-corrected chi connectivity index (χ0v) is 25.0. The molecule has 15 heteroatoms. The van der Waals surface area contributed by atoms with Crippen LogP contribution >= 0.6 is 22.9 Å². The lowest BCUT2D eigenvalue weighted by atomic mass is 9.94. The quantitative estimate of drug-likeness (QED) is 0.294. The van der Waals surface area contributed by atoms with Crippen molar-refractivity contribution in [1.29, 1.82) is 0 Å². The van der Waals surface area contributed by atoms with E-state index in [2.05, 4.69) is 20.2 Å². The second-order valence-corrected chi connectivity index (χ2v) is 13.5. The highest BCUT2D eigenvalue weighted by molar-refractivity contribution is 7.22. The Morgan fingerprint density at radius 1 is 1.14 bits per heavy atom. The lowest BCUT2D eigenvalue weighted by Gasteiger charge is -2.47. The minimum atomic E-state index is -2.81. The standard InChI is InChI=1S/C29H28ClF4N7O2S/c30-18-6-17-22(21(32)20(18)16-2-3-19(31)24-23(16)37-26(35)44-24)38-27(39-25(17)41-14-7-36-8-15(41)10-42-9-14)43-13-28-4-1-5-40(28)12-29(33,34)11-28/h2-3,6,14-15,36H,1,4-5,7-13H2,(H2,35,37)/t14-,15+,28?. The zero-order valence-electron chi connectivity index (χ0n) is 23.4. The van der Waals surface area contributed by atoms with E-state index in [9.17, 15) is 13.2 Å². The summed E-state index contributed by atoms with van der Waals surface area (Å²) in [7, 11) is 0. The fraction of sp³-hybridized carbons (Fsp3) is 0.483. The third kappa shape index (κ3) is 4.48. The molecule has 0 aliphatic carbocycles. The maximum absolute atomic E-state index is 16.8. The fourth-order valence-corrected chi connectivity index (χ4v) is 8.47. The molecule has 0 spiro atoms. The number of nitrogens with two attached hydrogens (primary N) is 1. The van der Waals surface area contributed by atoms with Crippen LogP contribution in [0.25, 0.3) is 32.2 Å². The van der Waals surface area contributed by atoms with E-state index in [0.717, 1.165) is 17.8 Å². The second-order valence-electron chi connectivity index (χ2n) is 12.1. The molecule has 8 rings (SSSR count). The first-order valence-electron chi connectivity index (χ1n) is 14.5. The number of nitrogen functional groups attached to an aromatic ring is 1. The van der Waals surface area contributed by atoms with Gasteiger partial charge in [-0.05, 0) is 37.6 Å². The molecule has 0 radical (unpaired) electrons. The summed E-state index contributed by atoms with van der Waals surface area (Å²) in [5.41, 5.74) is 5.44. The van der Waals surface area contributed by atoms with Gasteiger partial charge in [0.15, 0.2) is 10.9 Å². The first-order chi connectivity index (χ1) is 21.1. The van der Waals surface area contributed by atoms with Crippen LogP contribution in [0.2, 0.25) is 5.02 Å². The number of alkyl halides is 2. The molecule has 4 aromatic rings. The number of rotatable bonds is 5. The van der Waals surface area contributed by atoms with Crippen molar-refractivity contribution in [3.63, 3.8) is 0 Å². The van der Waals surface area contributed by atoms with Crippen LogP contribution in [0.15, 0.2) is 18.2 Å². The molecule has 232 valence electrons. The molecule has 6 heterocycles. The molecule has 4 fully saturated rings. The molecule has 2 aromatic carbocycles. The van der Waals surface area contributed by atoms with Crippen LogP contribution < -0.4 is 20.7 Å². The van der Waals surface area contributed by atoms with E-state index >= 15 is 4.39 Å². The van der Waals surface area contributed by atoms with Crippen LogP contribution in [0.3, 0.4) is 0 Å².